The van der Waals surface area contributed by atoms with E-state index in [0.717, 1.165) is 13.1 Å². The van der Waals surface area contributed by atoms with E-state index in [-0.39, 0.29) is 0 Å². The van der Waals surface area contributed by atoms with Gasteiger partial charge in [0.05, 0.1) is 6.54 Å². The van der Waals surface area contributed by atoms with Gasteiger partial charge >= 0.3 is 0 Å². The van der Waals surface area contributed by atoms with Crippen molar-refractivity contribution >= 4 is 5.96 Å². The lowest BCUT2D eigenvalue weighted by atomic mass is 10.2. The molecule has 0 aromatic heterocycles. The number of rotatable bonds is 5. The number of hydrogen-bond acceptors (Lipinski definition) is 2. The highest BCUT2D eigenvalue weighted by Crippen LogP contribution is 2.00. The van der Waals surface area contributed by atoms with Gasteiger partial charge < -0.3 is 15.5 Å². The molecule has 94 valence electrons. The maximum Gasteiger partial charge on any atom is 0.191 e. The minimum Gasteiger partial charge on any atom is -0.370 e. The van der Waals surface area contributed by atoms with E-state index in [1.807, 2.05) is 44.2 Å². The Kier molecular flexibility index (Phi) is 5.49. The van der Waals surface area contributed by atoms with Gasteiger partial charge in [0.1, 0.15) is 0 Å². The van der Waals surface area contributed by atoms with Crippen molar-refractivity contribution in [1.29, 1.82) is 0 Å². The molecule has 17 heavy (non-hydrogen) atoms. The third kappa shape index (κ3) is 5.36. The number of nitrogens with zero attached hydrogens (tertiary/aromatic N) is 3. The number of guanidine groups is 1. The first-order valence-electron chi connectivity index (χ1n) is 5.79. The average molecular weight is 234 g/mol. The molecule has 1 rings (SSSR count). The second-order valence-electron chi connectivity index (χ2n) is 4.38. The van der Waals surface area contributed by atoms with Crippen molar-refractivity contribution in [3.05, 3.63) is 35.9 Å². The molecule has 0 aliphatic heterocycles. The van der Waals surface area contributed by atoms with Crippen LogP contribution in [0.3, 0.4) is 0 Å². The highest BCUT2D eigenvalue weighted by molar-refractivity contribution is 5.77. The molecule has 4 nitrogen and oxygen atoms in total. The van der Waals surface area contributed by atoms with Crippen LogP contribution in [0.5, 0.6) is 0 Å². The van der Waals surface area contributed by atoms with Crippen molar-refractivity contribution in [3.8, 4) is 0 Å². The van der Waals surface area contributed by atoms with E-state index in [9.17, 15) is 0 Å². The topological polar surface area (TPSA) is 44.9 Å². The van der Waals surface area contributed by atoms with Crippen LogP contribution in [0.25, 0.3) is 0 Å². The predicted molar refractivity (Wildman–Crippen MR) is 73.0 cm³/mol. The van der Waals surface area contributed by atoms with Gasteiger partial charge in [0, 0.05) is 20.1 Å². The van der Waals surface area contributed by atoms with Gasteiger partial charge in [-0.1, -0.05) is 30.3 Å². The van der Waals surface area contributed by atoms with Crippen LogP contribution in [0, 0.1) is 0 Å². The lowest BCUT2D eigenvalue weighted by Crippen LogP contribution is -2.38. The van der Waals surface area contributed by atoms with Crippen molar-refractivity contribution in [2.24, 2.45) is 10.7 Å². The van der Waals surface area contributed by atoms with Crippen LogP contribution in [0.2, 0.25) is 0 Å². The Balaban J connectivity index is 2.43. The minimum atomic E-state index is 0.593. The zero-order valence-corrected chi connectivity index (χ0v) is 10.9. The quantitative estimate of drug-likeness (QED) is 0.610. The highest BCUT2D eigenvalue weighted by atomic mass is 15.2. The smallest absolute Gasteiger partial charge is 0.191 e. The van der Waals surface area contributed by atoms with Gasteiger partial charge in [0.25, 0.3) is 0 Å². The molecule has 4 heteroatoms. The molecule has 0 spiro atoms. The van der Waals surface area contributed by atoms with E-state index in [4.69, 9.17) is 5.73 Å². The van der Waals surface area contributed by atoms with Crippen LogP contribution in [0.15, 0.2) is 35.3 Å². The molecular weight excluding hydrogens is 212 g/mol. The lowest BCUT2D eigenvalue weighted by Gasteiger charge is -2.20. The normalized spacial score (nSPS) is 11.9. The molecular formula is C13H22N4. The lowest BCUT2D eigenvalue weighted by molar-refractivity contribution is 0.355. The number of aliphatic imine (C=N–C) groups is 1. The second-order valence-corrected chi connectivity index (χ2v) is 4.38. The van der Waals surface area contributed by atoms with E-state index in [1.165, 1.54) is 5.56 Å². The van der Waals surface area contributed by atoms with Crippen molar-refractivity contribution in [3.63, 3.8) is 0 Å². The summed E-state index contributed by atoms with van der Waals surface area (Å²) in [7, 11) is 6.06. The highest BCUT2D eigenvalue weighted by Gasteiger charge is 2.01. The zero-order valence-electron chi connectivity index (χ0n) is 10.9. The summed E-state index contributed by atoms with van der Waals surface area (Å²) in [5.74, 6) is 0.593. The van der Waals surface area contributed by atoms with Crippen molar-refractivity contribution in [2.45, 2.75) is 6.54 Å². The van der Waals surface area contributed by atoms with E-state index in [1.54, 1.807) is 0 Å². The zero-order chi connectivity index (χ0) is 12.7. The second kappa shape index (κ2) is 6.91. The number of nitrogens with two attached hydrogens (primary N) is 1. The maximum absolute atomic E-state index is 5.91. The van der Waals surface area contributed by atoms with Crippen molar-refractivity contribution in [1.82, 2.24) is 9.80 Å². The molecule has 1 aromatic rings. The molecule has 0 radical (unpaired) electrons. The first-order valence-corrected chi connectivity index (χ1v) is 5.79. The van der Waals surface area contributed by atoms with Crippen LogP contribution in [0.4, 0.5) is 0 Å². The summed E-state index contributed by atoms with van der Waals surface area (Å²) in [6, 6.07) is 10.1. The first-order chi connectivity index (χ1) is 8.09. The Labute approximate surface area is 104 Å². The van der Waals surface area contributed by atoms with Gasteiger partial charge in [-0.3, -0.25) is 0 Å². The van der Waals surface area contributed by atoms with Crippen LogP contribution < -0.4 is 5.73 Å². The van der Waals surface area contributed by atoms with Gasteiger partial charge in [0.2, 0.25) is 0 Å². The maximum atomic E-state index is 5.91. The monoisotopic (exact) mass is 234 g/mol. The van der Waals surface area contributed by atoms with Crippen LogP contribution in [0.1, 0.15) is 5.56 Å². The molecule has 0 saturated heterocycles. The van der Waals surface area contributed by atoms with Crippen molar-refractivity contribution in [2.75, 3.05) is 34.2 Å². The molecule has 0 amide bonds. The number of hydrogen-bond donors (Lipinski definition) is 1. The molecule has 0 aliphatic carbocycles. The fraction of sp³-hybridized carbons (Fsp3) is 0.462. The fourth-order valence-corrected chi connectivity index (χ4v) is 1.34. The molecule has 0 atom stereocenters. The third-order valence-corrected chi connectivity index (χ3v) is 2.54. The van der Waals surface area contributed by atoms with E-state index >= 15 is 0 Å². The molecule has 0 heterocycles. The summed E-state index contributed by atoms with van der Waals surface area (Å²) in [6.45, 7) is 2.49. The van der Waals surface area contributed by atoms with Gasteiger partial charge in [-0.2, -0.15) is 0 Å². The fourth-order valence-electron chi connectivity index (χ4n) is 1.34. The Morgan fingerprint density at radius 3 is 2.35 bits per heavy atom. The van der Waals surface area contributed by atoms with Gasteiger partial charge in [-0.05, 0) is 19.7 Å². The van der Waals surface area contributed by atoms with E-state index in [0.29, 0.717) is 12.5 Å². The SMILES string of the molecule is CN(C)CCN(C)C(N)=NCc1ccccc1. The summed E-state index contributed by atoms with van der Waals surface area (Å²) in [4.78, 5) is 8.48. The molecule has 1 aromatic carbocycles. The summed E-state index contributed by atoms with van der Waals surface area (Å²) >= 11 is 0. The van der Waals surface area contributed by atoms with Crippen LogP contribution >= 0.6 is 0 Å². The minimum absolute atomic E-state index is 0.593. The van der Waals surface area contributed by atoms with E-state index in [2.05, 4.69) is 22.0 Å². The van der Waals surface area contributed by atoms with Crippen LogP contribution in [-0.4, -0.2) is 50.0 Å². The molecule has 0 unspecified atom stereocenters. The molecule has 2 N–H and O–H groups in total. The Bertz CT molecular complexity index is 346. The predicted octanol–water partition coefficient (Wildman–Crippen LogP) is 0.995. The molecule has 0 bridgehead atoms. The first kappa shape index (κ1) is 13.5. The average Bonchev–Trinajstić information content (AvgIpc) is 2.34. The van der Waals surface area contributed by atoms with Crippen LogP contribution in [-0.2, 0) is 6.54 Å². The standard InChI is InChI=1S/C13H22N4/c1-16(2)9-10-17(3)13(14)15-11-12-7-5-4-6-8-12/h4-8H,9-11H2,1-3H3,(H2,14,15). The van der Waals surface area contributed by atoms with Gasteiger partial charge in [-0.25, -0.2) is 4.99 Å². The number of likely N-dealkylation sites (N-methyl/N-ethyl adjacent to an activating group) is 2. The summed E-state index contributed by atoms with van der Waals surface area (Å²) in [5, 5.41) is 0. The summed E-state index contributed by atoms with van der Waals surface area (Å²) in [6.07, 6.45) is 0. The summed E-state index contributed by atoms with van der Waals surface area (Å²) in [5.41, 5.74) is 7.09. The van der Waals surface area contributed by atoms with Gasteiger partial charge in [0.15, 0.2) is 5.96 Å². The third-order valence-electron chi connectivity index (χ3n) is 2.54. The Morgan fingerprint density at radius 2 is 1.76 bits per heavy atom. The van der Waals surface area contributed by atoms with Gasteiger partial charge in [-0.15, -0.1) is 0 Å². The van der Waals surface area contributed by atoms with Crippen molar-refractivity contribution < 1.29 is 0 Å². The molecule has 0 aliphatic rings. The number of benzene rings is 1. The Morgan fingerprint density at radius 1 is 1.12 bits per heavy atom. The Hall–Kier alpha value is -1.55. The molecule has 0 fully saturated rings. The summed E-state index contributed by atoms with van der Waals surface area (Å²) < 4.78 is 0. The van der Waals surface area contributed by atoms with E-state index < -0.39 is 0 Å². The largest absolute Gasteiger partial charge is 0.370 e. The molecule has 0 saturated carbocycles.